The van der Waals surface area contributed by atoms with Crippen LogP contribution in [0.4, 0.5) is 5.13 Å². The van der Waals surface area contributed by atoms with E-state index in [1.54, 1.807) is 24.4 Å². The zero-order valence-electron chi connectivity index (χ0n) is 11.4. The molecule has 0 radical (unpaired) electrons. The molecule has 0 amide bonds. The molecule has 1 aromatic heterocycles. The molecule has 0 spiro atoms. The molecule has 3 nitrogen and oxygen atoms in total. The minimum Gasteiger partial charge on any atom is -0.253 e. The van der Waals surface area contributed by atoms with Crippen molar-refractivity contribution in [3.05, 3.63) is 44.9 Å². The summed E-state index contributed by atoms with van der Waals surface area (Å²) in [7, 11) is 0. The molecule has 0 atom stereocenters. The van der Waals surface area contributed by atoms with Gasteiger partial charge in [-0.2, -0.15) is 5.10 Å². The summed E-state index contributed by atoms with van der Waals surface area (Å²) in [6.45, 7) is 6.37. The quantitative estimate of drug-likeness (QED) is 0.621. The maximum atomic E-state index is 6.06. The van der Waals surface area contributed by atoms with Crippen molar-refractivity contribution < 1.29 is 0 Å². The molecule has 1 aromatic carbocycles. The van der Waals surface area contributed by atoms with Crippen molar-refractivity contribution >= 4 is 45.9 Å². The number of nitrogens with one attached hydrogen (secondary N) is 1. The van der Waals surface area contributed by atoms with Crippen LogP contribution in [0.2, 0.25) is 10.0 Å². The summed E-state index contributed by atoms with van der Waals surface area (Å²) < 4.78 is 0. The van der Waals surface area contributed by atoms with E-state index < -0.39 is 0 Å². The van der Waals surface area contributed by atoms with Crippen molar-refractivity contribution in [3.8, 4) is 0 Å². The predicted molar refractivity (Wildman–Crippen MR) is 88.5 cm³/mol. The molecule has 20 heavy (non-hydrogen) atoms. The van der Waals surface area contributed by atoms with Crippen molar-refractivity contribution in [1.29, 1.82) is 0 Å². The lowest BCUT2D eigenvalue weighted by Gasteiger charge is -2.13. The molecule has 1 N–H and O–H groups in total. The van der Waals surface area contributed by atoms with E-state index in [1.807, 2.05) is 5.38 Å². The number of benzene rings is 1. The molecule has 0 unspecified atom stereocenters. The number of hydrazone groups is 1. The summed E-state index contributed by atoms with van der Waals surface area (Å²) in [6.07, 6.45) is 1.60. The van der Waals surface area contributed by atoms with Crippen molar-refractivity contribution in [2.45, 2.75) is 26.2 Å². The Hall–Kier alpha value is -1.10. The zero-order valence-corrected chi connectivity index (χ0v) is 13.8. The van der Waals surface area contributed by atoms with Gasteiger partial charge in [-0.3, -0.25) is 5.43 Å². The smallest absolute Gasteiger partial charge is 0.203 e. The van der Waals surface area contributed by atoms with Gasteiger partial charge in [-0.05, 0) is 12.1 Å². The van der Waals surface area contributed by atoms with Gasteiger partial charge >= 0.3 is 0 Å². The van der Waals surface area contributed by atoms with Crippen LogP contribution in [0.15, 0.2) is 28.7 Å². The van der Waals surface area contributed by atoms with Gasteiger partial charge in [0.15, 0.2) is 0 Å². The zero-order chi connectivity index (χ0) is 14.8. The van der Waals surface area contributed by atoms with Gasteiger partial charge < -0.3 is 0 Å². The average molecular weight is 328 g/mol. The van der Waals surface area contributed by atoms with Crippen LogP contribution in [0, 0.1) is 0 Å². The number of anilines is 1. The third-order valence-electron chi connectivity index (χ3n) is 2.63. The van der Waals surface area contributed by atoms with E-state index in [4.69, 9.17) is 23.2 Å². The highest BCUT2D eigenvalue weighted by Gasteiger charge is 2.17. The van der Waals surface area contributed by atoms with E-state index in [-0.39, 0.29) is 5.41 Å². The van der Waals surface area contributed by atoms with Gasteiger partial charge in [0, 0.05) is 16.4 Å². The van der Waals surface area contributed by atoms with Crippen molar-refractivity contribution in [2.75, 3.05) is 5.43 Å². The average Bonchev–Trinajstić information content (AvgIpc) is 2.81. The Morgan fingerprint density at radius 1 is 1.25 bits per heavy atom. The summed E-state index contributed by atoms with van der Waals surface area (Å²) in [5, 5.41) is 8.04. The van der Waals surface area contributed by atoms with E-state index in [2.05, 4.69) is 36.3 Å². The topological polar surface area (TPSA) is 37.3 Å². The lowest BCUT2D eigenvalue weighted by molar-refractivity contribution is 0.573. The van der Waals surface area contributed by atoms with Crippen LogP contribution in [0.25, 0.3) is 0 Å². The van der Waals surface area contributed by atoms with Crippen LogP contribution in [-0.2, 0) is 5.41 Å². The van der Waals surface area contributed by atoms with E-state index in [1.165, 1.54) is 11.3 Å². The fourth-order valence-corrected chi connectivity index (χ4v) is 2.84. The van der Waals surface area contributed by atoms with Gasteiger partial charge in [-0.25, -0.2) is 4.98 Å². The monoisotopic (exact) mass is 327 g/mol. The number of hydrogen-bond acceptors (Lipinski definition) is 4. The minimum absolute atomic E-state index is 0.0339. The van der Waals surface area contributed by atoms with Gasteiger partial charge in [0.25, 0.3) is 0 Å². The Kier molecular flexibility index (Phi) is 4.68. The molecule has 2 aromatic rings. The fourth-order valence-electron chi connectivity index (χ4n) is 1.46. The Morgan fingerprint density at radius 3 is 2.45 bits per heavy atom. The minimum atomic E-state index is 0.0339. The molecule has 0 aliphatic carbocycles. The third kappa shape index (κ3) is 3.72. The highest BCUT2D eigenvalue weighted by atomic mass is 35.5. The summed E-state index contributed by atoms with van der Waals surface area (Å²) in [6, 6.07) is 5.34. The van der Waals surface area contributed by atoms with E-state index in [0.717, 1.165) is 10.8 Å². The molecular formula is C14H15Cl2N3S. The Morgan fingerprint density at radius 2 is 1.90 bits per heavy atom. The Labute approximate surface area is 132 Å². The number of aromatic nitrogens is 1. The first-order valence-electron chi connectivity index (χ1n) is 6.07. The van der Waals surface area contributed by atoms with Crippen LogP contribution in [0.3, 0.4) is 0 Å². The first kappa shape index (κ1) is 15.3. The number of nitrogens with zero attached hydrogens (tertiary/aromatic N) is 2. The van der Waals surface area contributed by atoms with Crippen LogP contribution >= 0.6 is 34.5 Å². The lowest BCUT2D eigenvalue weighted by atomic mass is 9.93. The molecular weight excluding hydrogens is 313 g/mol. The molecule has 0 saturated heterocycles. The second kappa shape index (κ2) is 6.12. The molecule has 106 valence electrons. The molecule has 0 aliphatic rings. The summed E-state index contributed by atoms with van der Waals surface area (Å²) >= 11 is 13.6. The van der Waals surface area contributed by atoms with Crippen LogP contribution in [0.5, 0.6) is 0 Å². The number of rotatable bonds is 3. The third-order valence-corrected chi connectivity index (χ3v) is 4.03. The molecule has 0 aliphatic heterocycles. The molecule has 2 rings (SSSR count). The Bertz CT molecular complexity index is 609. The van der Waals surface area contributed by atoms with Gasteiger partial charge in [0.1, 0.15) is 0 Å². The lowest BCUT2D eigenvalue weighted by Crippen LogP contribution is -2.11. The Balaban J connectivity index is 2.09. The van der Waals surface area contributed by atoms with Crippen molar-refractivity contribution in [2.24, 2.45) is 5.10 Å². The van der Waals surface area contributed by atoms with Gasteiger partial charge in [0.2, 0.25) is 5.13 Å². The molecule has 6 heteroatoms. The van der Waals surface area contributed by atoms with Crippen LogP contribution in [-0.4, -0.2) is 11.2 Å². The maximum Gasteiger partial charge on any atom is 0.203 e. The highest BCUT2D eigenvalue weighted by molar-refractivity contribution is 7.13. The normalized spacial score (nSPS) is 12.1. The first-order chi connectivity index (χ1) is 9.38. The second-order valence-electron chi connectivity index (χ2n) is 5.29. The van der Waals surface area contributed by atoms with Gasteiger partial charge in [0.05, 0.1) is 22.0 Å². The number of hydrogen-bond donors (Lipinski definition) is 1. The standard InChI is InChI=1S/C14H15Cl2N3S/c1-14(2,3)12-8-20-13(18-12)19-17-7-9-10(15)5-4-6-11(9)16/h4-8H,1-3H3,(H,18,19). The highest BCUT2D eigenvalue weighted by Crippen LogP contribution is 2.26. The first-order valence-corrected chi connectivity index (χ1v) is 7.70. The molecule has 0 saturated carbocycles. The van der Waals surface area contributed by atoms with E-state index in [9.17, 15) is 0 Å². The molecule has 0 bridgehead atoms. The van der Waals surface area contributed by atoms with Gasteiger partial charge in [-0.15, -0.1) is 11.3 Å². The maximum absolute atomic E-state index is 6.06. The summed E-state index contributed by atoms with van der Waals surface area (Å²) in [5.74, 6) is 0. The van der Waals surface area contributed by atoms with Crippen LogP contribution in [0.1, 0.15) is 32.0 Å². The second-order valence-corrected chi connectivity index (χ2v) is 6.97. The predicted octanol–water partition coefficient (Wildman–Crippen LogP) is 5.19. The number of thiazole rings is 1. The van der Waals surface area contributed by atoms with E-state index in [0.29, 0.717) is 15.6 Å². The summed E-state index contributed by atoms with van der Waals surface area (Å²) in [5.41, 5.74) is 4.66. The molecule has 0 fully saturated rings. The van der Waals surface area contributed by atoms with Gasteiger partial charge in [-0.1, -0.05) is 50.0 Å². The fraction of sp³-hybridized carbons (Fsp3) is 0.286. The van der Waals surface area contributed by atoms with Crippen LogP contribution < -0.4 is 5.43 Å². The SMILES string of the molecule is CC(C)(C)c1csc(NN=Cc2c(Cl)cccc2Cl)n1. The number of halogens is 2. The molecule has 1 heterocycles. The van der Waals surface area contributed by atoms with Crippen molar-refractivity contribution in [1.82, 2.24) is 4.98 Å². The largest absolute Gasteiger partial charge is 0.253 e. The van der Waals surface area contributed by atoms with Crippen molar-refractivity contribution in [3.63, 3.8) is 0 Å². The van der Waals surface area contributed by atoms with E-state index >= 15 is 0 Å². The summed E-state index contributed by atoms with van der Waals surface area (Å²) in [4.78, 5) is 4.49.